The van der Waals surface area contributed by atoms with Crippen LogP contribution in [0, 0.1) is 16.7 Å². The maximum Gasteiger partial charge on any atom is 0.408 e. The Morgan fingerprint density at radius 3 is 2.34 bits per heavy atom. The molecule has 7 heteroatoms. The van der Waals surface area contributed by atoms with Gasteiger partial charge in [-0.05, 0) is 50.8 Å². The Morgan fingerprint density at radius 1 is 1.19 bits per heavy atom. The Labute approximate surface area is 190 Å². The van der Waals surface area contributed by atoms with E-state index in [-0.39, 0.29) is 17.5 Å². The summed E-state index contributed by atoms with van der Waals surface area (Å²) >= 11 is 0. The number of fused-ring (bicyclic) bond motifs is 1. The molecule has 0 saturated carbocycles. The Kier molecular flexibility index (Phi) is 7.61. The third kappa shape index (κ3) is 5.82. The molecule has 1 aromatic heterocycles. The van der Waals surface area contributed by atoms with Crippen LogP contribution in [0.4, 0.5) is 4.79 Å². The van der Waals surface area contributed by atoms with Crippen molar-refractivity contribution >= 4 is 16.9 Å². The average Bonchev–Trinajstić information content (AvgIpc) is 2.67. The molecule has 0 bridgehead atoms. The van der Waals surface area contributed by atoms with Gasteiger partial charge < -0.3 is 14.4 Å². The predicted molar refractivity (Wildman–Crippen MR) is 126 cm³/mol. The molecule has 0 atom stereocenters. The molecule has 0 radical (unpaired) electrons. The molecule has 32 heavy (non-hydrogen) atoms. The summed E-state index contributed by atoms with van der Waals surface area (Å²) < 4.78 is 7.86. The largest absolute Gasteiger partial charge is 0.491 e. The van der Waals surface area contributed by atoms with Gasteiger partial charge in [0.05, 0.1) is 35.9 Å². The van der Waals surface area contributed by atoms with Gasteiger partial charge in [-0.1, -0.05) is 34.1 Å². The molecule has 0 aliphatic heterocycles. The topological polar surface area (TPSA) is 95.6 Å². The number of unbranched alkanes of at least 4 members (excludes halogenated alkanes) is 1. The maximum absolute atomic E-state index is 13.6. The van der Waals surface area contributed by atoms with Crippen LogP contribution in [0.5, 0.6) is 5.75 Å². The molecule has 1 N–H and O–H groups in total. The predicted octanol–water partition coefficient (Wildman–Crippen LogP) is 5.38. The van der Waals surface area contributed by atoms with E-state index in [9.17, 15) is 20.0 Å². The van der Waals surface area contributed by atoms with Crippen LogP contribution in [-0.4, -0.2) is 32.8 Å². The third-order valence-corrected chi connectivity index (χ3v) is 5.18. The molecule has 7 nitrogen and oxygen atoms in total. The highest BCUT2D eigenvalue weighted by molar-refractivity contribution is 5.89. The van der Waals surface area contributed by atoms with Crippen LogP contribution in [0.25, 0.3) is 10.8 Å². The first-order valence-electron chi connectivity index (χ1n) is 11.0. The number of hydrogen-bond acceptors (Lipinski definition) is 4. The molecule has 0 spiro atoms. The van der Waals surface area contributed by atoms with Crippen molar-refractivity contribution in [3.63, 3.8) is 0 Å². The van der Waals surface area contributed by atoms with E-state index in [1.54, 1.807) is 22.8 Å². The standard InChI is InChI=1S/C25H35N3O4/c1-8-9-12-32-21-19-13-17(14-26)10-11-18(19)22(29)27(16-24(2,3)4)20(21)15-28(23(30)31)25(5,6)7/h10-11,13H,8-9,12,15-16H2,1-7H3,(H,30,31). The molecule has 1 aromatic carbocycles. The number of carbonyl (C=O) groups is 1. The summed E-state index contributed by atoms with van der Waals surface area (Å²) in [6, 6.07) is 7.06. The molecule has 1 amide bonds. The van der Waals surface area contributed by atoms with Gasteiger partial charge in [-0.25, -0.2) is 4.79 Å². The average molecular weight is 442 g/mol. The molecule has 0 saturated heterocycles. The number of carboxylic acid groups (broad SMARTS) is 1. The lowest BCUT2D eigenvalue weighted by Gasteiger charge is -2.35. The summed E-state index contributed by atoms with van der Waals surface area (Å²) in [6.07, 6.45) is 0.679. The van der Waals surface area contributed by atoms with E-state index in [0.717, 1.165) is 12.8 Å². The molecule has 0 aliphatic carbocycles. The van der Waals surface area contributed by atoms with Gasteiger partial charge in [-0.2, -0.15) is 5.26 Å². The molecule has 0 aliphatic rings. The van der Waals surface area contributed by atoms with Gasteiger partial charge in [0.15, 0.2) is 0 Å². The quantitative estimate of drug-likeness (QED) is 0.582. The number of amides is 1. The zero-order valence-electron chi connectivity index (χ0n) is 20.3. The highest BCUT2D eigenvalue weighted by Crippen LogP contribution is 2.33. The van der Waals surface area contributed by atoms with E-state index >= 15 is 0 Å². The fourth-order valence-electron chi connectivity index (χ4n) is 3.55. The molecule has 2 rings (SSSR count). The first-order valence-corrected chi connectivity index (χ1v) is 11.0. The maximum atomic E-state index is 13.6. The first-order chi connectivity index (χ1) is 14.8. The second-order valence-electron chi connectivity index (χ2n) is 10.3. The first kappa shape index (κ1) is 25.3. The fourth-order valence-corrected chi connectivity index (χ4v) is 3.55. The second-order valence-corrected chi connectivity index (χ2v) is 10.3. The molecule has 1 heterocycles. The lowest BCUT2D eigenvalue weighted by molar-refractivity contribution is 0.0924. The number of benzene rings is 1. The third-order valence-electron chi connectivity index (χ3n) is 5.18. The summed E-state index contributed by atoms with van der Waals surface area (Å²) in [5.74, 6) is 0.477. The SMILES string of the molecule is CCCCOc1c(CN(C(=O)O)C(C)(C)C)n(CC(C)(C)C)c(=O)c2ccc(C#N)cc12. The highest BCUT2D eigenvalue weighted by Gasteiger charge is 2.30. The molecule has 2 aromatic rings. The van der Waals surface area contributed by atoms with Crippen LogP contribution >= 0.6 is 0 Å². The van der Waals surface area contributed by atoms with Crippen molar-refractivity contribution in [2.24, 2.45) is 5.41 Å². The van der Waals surface area contributed by atoms with Crippen molar-refractivity contribution < 1.29 is 14.6 Å². The van der Waals surface area contributed by atoms with Crippen LogP contribution in [0.2, 0.25) is 0 Å². The van der Waals surface area contributed by atoms with Gasteiger partial charge in [-0.15, -0.1) is 0 Å². The van der Waals surface area contributed by atoms with Crippen molar-refractivity contribution in [2.45, 2.75) is 79.9 Å². The van der Waals surface area contributed by atoms with E-state index in [0.29, 0.717) is 40.9 Å². The molecule has 0 unspecified atom stereocenters. The number of nitriles is 1. The summed E-state index contributed by atoms with van der Waals surface area (Å²) in [5.41, 5.74) is -0.186. The van der Waals surface area contributed by atoms with E-state index in [4.69, 9.17) is 4.74 Å². The van der Waals surface area contributed by atoms with Crippen molar-refractivity contribution in [3.8, 4) is 11.8 Å². The Bertz CT molecular complexity index is 1080. The lowest BCUT2D eigenvalue weighted by Crippen LogP contribution is -2.45. The number of rotatable bonds is 7. The zero-order valence-corrected chi connectivity index (χ0v) is 20.3. The normalized spacial score (nSPS) is 11.9. The molecular weight excluding hydrogens is 406 g/mol. The minimum absolute atomic E-state index is 0.00165. The number of pyridine rings is 1. The Morgan fingerprint density at radius 2 is 1.84 bits per heavy atom. The van der Waals surface area contributed by atoms with Crippen molar-refractivity contribution in [2.75, 3.05) is 6.61 Å². The van der Waals surface area contributed by atoms with Gasteiger partial charge >= 0.3 is 6.09 Å². The number of nitrogens with zero attached hydrogens (tertiary/aromatic N) is 3. The number of aromatic nitrogens is 1. The van der Waals surface area contributed by atoms with Gasteiger partial charge in [0.25, 0.3) is 5.56 Å². The molecular formula is C25H35N3O4. The molecule has 0 fully saturated rings. The summed E-state index contributed by atoms with van der Waals surface area (Å²) in [5, 5.41) is 20.3. The van der Waals surface area contributed by atoms with Crippen molar-refractivity contribution in [1.29, 1.82) is 5.26 Å². The summed E-state index contributed by atoms with van der Waals surface area (Å²) in [4.78, 5) is 27.0. The van der Waals surface area contributed by atoms with Crippen molar-refractivity contribution in [3.05, 3.63) is 39.8 Å². The Hall–Kier alpha value is -3.01. The van der Waals surface area contributed by atoms with Crippen molar-refractivity contribution in [1.82, 2.24) is 9.47 Å². The molecule has 174 valence electrons. The van der Waals surface area contributed by atoms with Gasteiger partial charge in [0, 0.05) is 17.5 Å². The Balaban J connectivity index is 2.92. The van der Waals surface area contributed by atoms with Crippen LogP contribution in [0.1, 0.15) is 72.6 Å². The number of hydrogen-bond donors (Lipinski definition) is 1. The fraction of sp³-hybridized carbons (Fsp3) is 0.560. The van der Waals surface area contributed by atoms with Gasteiger partial charge in [-0.3, -0.25) is 9.69 Å². The monoisotopic (exact) mass is 441 g/mol. The van der Waals surface area contributed by atoms with Crippen LogP contribution < -0.4 is 10.3 Å². The van der Waals surface area contributed by atoms with Crippen LogP contribution in [0.15, 0.2) is 23.0 Å². The zero-order chi connectivity index (χ0) is 24.3. The van der Waals surface area contributed by atoms with Crippen LogP contribution in [-0.2, 0) is 13.1 Å². The van der Waals surface area contributed by atoms with Gasteiger partial charge in [0.1, 0.15) is 5.75 Å². The van der Waals surface area contributed by atoms with E-state index in [1.807, 2.05) is 41.5 Å². The van der Waals surface area contributed by atoms with E-state index in [1.165, 1.54) is 4.90 Å². The van der Waals surface area contributed by atoms with E-state index < -0.39 is 11.6 Å². The highest BCUT2D eigenvalue weighted by atomic mass is 16.5. The summed E-state index contributed by atoms with van der Waals surface area (Å²) in [6.45, 7) is 14.4. The lowest BCUT2D eigenvalue weighted by atomic mass is 9.95. The minimum Gasteiger partial charge on any atom is -0.491 e. The van der Waals surface area contributed by atoms with Gasteiger partial charge in [0.2, 0.25) is 0 Å². The minimum atomic E-state index is -1.07. The smallest absolute Gasteiger partial charge is 0.408 e. The number of ether oxygens (including phenoxy) is 1. The van der Waals surface area contributed by atoms with E-state index in [2.05, 4.69) is 13.0 Å². The van der Waals surface area contributed by atoms with Crippen LogP contribution in [0.3, 0.4) is 0 Å². The summed E-state index contributed by atoms with van der Waals surface area (Å²) in [7, 11) is 0. The second kappa shape index (κ2) is 9.64.